The van der Waals surface area contributed by atoms with Crippen molar-refractivity contribution in [3.05, 3.63) is 0 Å². The van der Waals surface area contributed by atoms with Gasteiger partial charge in [-0.1, -0.05) is 13.3 Å². The van der Waals surface area contributed by atoms with Crippen LogP contribution >= 0.6 is 0 Å². The maximum absolute atomic E-state index is 12.3. The first-order chi connectivity index (χ1) is 9.21. The summed E-state index contributed by atoms with van der Waals surface area (Å²) in [6.07, 6.45) is 3.37. The molecule has 2 aliphatic rings. The monoisotopic (exact) mass is 306 g/mol. The lowest BCUT2D eigenvalue weighted by Gasteiger charge is -2.53. The highest BCUT2D eigenvalue weighted by molar-refractivity contribution is 7.91. The molecule has 1 heterocycles. The van der Waals surface area contributed by atoms with E-state index in [9.17, 15) is 13.5 Å². The minimum Gasteiger partial charge on any atom is -0.387 e. The summed E-state index contributed by atoms with van der Waals surface area (Å²) in [5, 5.41) is 10.6. The van der Waals surface area contributed by atoms with Crippen molar-refractivity contribution < 1.29 is 23.3 Å². The fraction of sp³-hybridized carbons (Fsp3) is 1.00. The van der Waals surface area contributed by atoms with Crippen molar-refractivity contribution in [3.8, 4) is 0 Å². The SMILES string of the molecule is CCCCS(=O)(=O)CC12CC(CCC1(C)O)C(C)OO2. The Balaban J connectivity index is 2.21. The fourth-order valence-electron chi connectivity index (χ4n) is 3.24. The first kappa shape index (κ1) is 16.2. The Morgan fingerprint density at radius 1 is 1.40 bits per heavy atom. The van der Waals surface area contributed by atoms with Crippen LogP contribution in [-0.2, 0) is 19.6 Å². The van der Waals surface area contributed by atoms with Gasteiger partial charge >= 0.3 is 0 Å². The van der Waals surface area contributed by atoms with E-state index in [1.54, 1.807) is 6.92 Å². The van der Waals surface area contributed by atoms with E-state index in [-0.39, 0.29) is 23.5 Å². The molecule has 6 heteroatoms. The highest BCUT2D eigenvalue weighted by Gasteiger charge is 2.59. The van der Waals surface area contributed by atoms with Crippen molar-refractivity contribution in [1.82, 2.24) is 0 Å². The smallest absolute Gasteiger partial charge is 0.153 e. The van der Waals surface area contributed by atoms with Crippen LogP contribution in [0.25, 0.3) is 0 Å². The summed E-state index contributed by atoms with van der Waals surface area (Å²) in [5.74, 6) is 0.242. The summed E-state index contributed by atoms with van der Waals surface area (Å²) in [6, 6.07) is 0. The molecule has 0 amide bonds. The summed E-state index contributed by atoms with van der Waals surface area (Å²) in [6.45, 7) is 5.56. The van der Waals surface area contributed by atoms with Gasteiger partial charge in [-0.25, -0.2) is 18.2 Å². The molecule has 4 atom stereocenters. The highest BCUT2D eigenvalue weighted by atomic mass is 32.2. The Labute approximate surface area is 121 Å². The van der Waals surface area contributed by atoms with Gasteiger partial charge in [-0.15, -0.1) is 0 Å². The van der Waals surface area contributed by atoms with Crippen LogP contribution < -0.4 is 0 Å². The molecular formula is C14H26O5S. The van der Waals surface area contributed by atoms with Crippen molar-refractivity contribution in [2.45, 2.75) is 70.2 Å². The third kappa shape index (κ3) is 3.03. The highest BCUT2D eigenvalue weighted by Crippen LogP contribution is 2.48. The maximum Gasteiger partial charge on any atom is 0.153 e. The van der Waals surface area contributed by atoms with Gasteiger partial charge in [0.05, 0.1) is 23.2 Å². The first-order valence-electron chi connectivity index (χ1n) is 7.49. The van der Waals surface area contributed by atoms with Gasteiger partial charge in [-0.3, -0.25) is 0 Å². The Hall–Kier alpha value is -0.170. The van der Waals surface area contributed by atoms with Crippen LogP contribution in [-0.4, -0.2) is 42.3 Å². The lowest BCUT2D eigenvalue weighted by atomic mass is 9.67. The summed E-state index contributed by atoms with van der Waals surface area (Å²) in [5.41, 5.74) is -2.28. The zero-order valence-electron chi connectivity index (χ0n) is 12.6. The standard InChI is InChI=1S/C14H26O5S/c1-4-5-8-20(16,17)10-14-9-12(11(2)18-19-14)6-7-13(14,3)15/h11-12,15H,4-10H2,1-3H3. The second-order valence-corrected chi connectivity index (χ2v) is 8.79. The molecule has 4 unspecified atom stereocenters. The zero-order chi connectivity index (χ0) is 15.0. The molecule has 0 aromatic rings. The molecule has 118 valence electrons. The van der Waals surface area contributed by atoms with E-state index >= 15 is 0 Å². The minimum absolute atomic E-state index is 0.0439. The predicted molar refractivity (Wildman–Crippen MR) is 75.9 cm³/mol. The van der Waals surface area contributed by atoms with Gasteiger partial charge < -0.3 is 5.11 Å². The third-order valence-electron chi connectivity index (χ3n) is 4.86. The van der Waals surface area contributed by atoms with E-state index in [1.807, 2.05) is 13.8 Å². The van der Waals surface area contributed by atoms with Gasteiger partial charge in [0.25, 0.3) is 0 Å². The largest absolute Gasteiger partial charge is 0.387 e. The van der Waals surface area contributed by atoms with Gasteiger partial charge in [0.2, 0.25) is 0 Å². The van der Waals surface area contributed by atoms with Crippen LogP contribution in [0.3, 0.4) is 0 Å². The van der Waals surface area contributed by atoms with E-state index in [2.05, 4.69) is 0 Å². The second-order valence-electron chi connectivity index (χ2n) is 6.60. The van der Waals surface area contributed by atoms with Crippen LogP contribution in [0.15, 0.2) is 0 Å². The maximum atomic E-state index is 12.3. The average Bonchev–Trinajstić information content (AvgIpc) is 2.36. The van der Waals surface area contributed by atoms with E-state index in [1.165, 1.54) is 0 Å². The molecule has 1 N–H and O–H groups in total. The van der Waals surface area contributed by atoms with Gasteiger partial charge in [-0.2, -0.15) is 0 Å². The molecular weight excluding hydrogens is 280 g/mol. The van der Waals surface area contributed by atoms with E-state index in [4.69, 9.17) is 9.78 Å². The molecule has 0 aromatic carbocycles. The number of fused-ring (bicyclic) bond motifs is 2. The summed E-state index contributed by atoms with van der Waals surface area (Å²) in [4.78, 5) is 10.8. The van der Waals surface area contributed by atoms with Gasteiger partial charge in [-0.05, 0) is 45.4 Å². The van der Waals surface area contributed by atoms with Crippen LogP contribution in [0.1, 0.15) is 52.9 Å². The van der Waals surface area contributed by atoms with E-state index in [0.717, 1.165) is 12.8 Å². The molecule has 5 nitrogen and oxygen atoms in total. The number of sulfone groups is 1. The summed E-state index contributed by atoms with van der Waals surface area (Å²) in [7, 11) is -3.26. The van der Waals surface area contributed by atoms with Crippen LogP contribution in [0, 0.1) is 5.92 Å². The van der Waals surface area contributed by atoms with Crippen LogP contribution in [0.2, 0.25) is 0 Å². The van der Waals surface area contributed by atoms with Crippen molar-refractivity contribution in [1.29, 1.82) is 0 Å². The number of hydrogen-bond acceptors (Lipinski definition) is 5. The van der Waals surface area contributed by atoms with Crippen molar-refractivity contribution in [2.24, 2.45) is 5.92 Å². The van der Waals surface area contributed by atoms with Crippen molar-refractivity contribution in [2.75, 3.05) is 11.5 Å². The number of aliphatic hydroxyl groups is 1. The quantitative estimate of drug-likeness (QED) is 0.785. The lowest BCUT2D eigenvalue weighted by molar-refractivity contribution is -0.448. The fourth-order valence-corrected chi connectivity index (χ4v) is 5.30. The molecule has 1 aliphatic heterocycles. The molecule has 1 aliphatic carbocycles. The van der Waals surface area contributed by atoms with Crippen LogP contribution in [0.5, 0.6) is 0 Å². The second kappa shape index (κ2) is 5.55. The Morgan fingerprint density at radius 3 is 2.75 bits per heavy atom. The zero-order valence-corrected chi connectivity index (χ0v) is 13.4. The van der Waals surface area contributed by atoms with E-state index < -0.39 is 21.0 Å². The van der Waals surface area contributed by atoms with Crippen LogP contribution in [0.4, 0.5) is 0 Å². The molecule has 20 heavy (non-hydrogen) atoms. The lowest BCUT2D eigenvalue weighted by Crippen LogP contribution is -2.65. The predicted octanol–water partition coefficient (Wildman–Crippen LogP) is 1.84. The molecule has 2 bridgehead atoms. The third-order valence-corrected chi connectivity index (χ3v) is 6.68. The molecule has 0 radical (unpaired) electrons. The molecule has 2 rings (SSSR count). The minimum atomic E-state index is -3.26. The molecule has 0 aromatic heterocycles. The van der Waals surface area contributed by atoms with Gasteiger partial charge in [0, 0.05) is 0 Å². The van der Waals surface area contributed by atoms with E-state index in [0.29, 0.717) is 19.3 Å². The number of hydrogen-bond donors (Lipinski definition) is 1. The molecule has 2 fully saturated rings. The average molecular weight is 306 g/mol. The van der Waals surface area contributed by atoms with Gasteiger partial charge in [0.15, 0.2) is 9.84 Å². The summed E-state index contributed by atoms with van der Waals surface area (Å²) < 4.78 is 24.6. The van der Waals surface area contributed by atoms with Crippen molar-refractivity contribution in [3.63, 3.8) is 0 Å². The number of rotatable bonds is 5. The molecule has 1 saturated carbocycles. The van der Waals surface area contributed by atoms with Crippen molar-refractivity contribution >= 4 is 9.84 Å². The Morgan fingerprint density at radius 2 is 2.10 bits per heavy atom. The Kier molecular flexibility index (Phi) is 4.50. The topological polar surface area (TPSA) is 72.8 Å². The molecule has 1 saturated heterocycles. The summed E-state index contributed by atoms with van der Waals surface area (Å²) >= 11 is 0. The number of unbranched alkanes of at least 4 members (excludes halogenated alkanes) is 1. The first-order valence-corrected chi connectivity index (χ1v) is 9.31. The Bertz CT molecular complexity index is 444. The molecule has 0 spiro atoms. The normalized spacial score (nSPS) is 41.6. The van der Waals surface area contributed by atoms with Gasteiger partial charge in [0.1, 0.15) is 5.60 Å².